The largest absolute Gasteiger partial charge is 0.302 e. The smallest absolute Gasteiger partial charge is 0.151 e. The van der Waals surface area contributed by atoms with Crippen LogP contribution in [-0.4, -0.2) is 51.0 Å². The van der Waals surface area contributed by atoms with Gasteiger partial charge in [-0.1, -0.05) is 5.11 Å². The Hall–Kier alpha value is -0.780. The van der Waals surface area contributed by atoms with Crippen LogP contribution in [0.25, 0.3) is 10.4 Å². The van der Waals surface area contributed by atoms with Gasteiger partial charge in [-0.2, -0.15) is 0 Å². The fourth-order valence-corrected chi connectivity index (χ4v) is 3.36. The molecule has 1 atom stereocenters. The van der Waals surface area contributed by atoms with Gasteiger partial charge in [0, 0.05) is 24.0 Å². The van der Waals surface area contributed by atoms with Gasteiger partial charge in [-0.25, -0.2) is 8.42 Å². The third-order valence-corrected chi connectivity index (χ3v) is 4.20. The van der Waals surface area contributed by atoms with Crippen LogP contribution in [-0.2, 0) is 9.84 Å². The van der Waals surface area contributed by atoms with Gasteiger partial charge >= 0.3 is 0 Å². The summed E-state index contributed by atoms with van der Waals surface area (Å²) in [5, 5.41) is 3.41. The molecule has 0 aromatic carbocycles. The molecule has 0 N–H and O–H groups in total. The zero-order valence-corrected chi connectivity index (χ0v) is 8.94. The van der Waals surface area contributed by atoms with Gasteiger partial charge in [0.2, 0.25) is 0 Å². The Morgan fingerprint density at radius 1 is 1.64 bits per heavy atom. The Morgan fingerprint density at radius 2 is 2.36 bits per heavy atom. The molecule has 6 nitrogen and oxygen atoms in total. The Morgan fingerprint density at radius 3 is 2.86 bits per heavy atom. The standard InChI is InChI=1S/C7H14N4O2S/c1-11(4-3-9-10-8)7-2-5-14(12,13)6-7/h7H,2-6H2,1H3. The molecule has 1 unspecified atom stereocenters. The minimum Gasteiger partial charge on any atom is -0.302 e. The Balaban J connectivity index is 2.39. The Kier molecular flexibility index (Phi) is 3.74. The monoisotopic (exact) mass is 218 g/mol. The van der Waals surface area contributed by atoms with E-state index in [9.17, 15) is 8.42 Å². The number of nitrogens with zero attached hydrogens (tertiary/aromatic N) is 4. The Bertz CT molecular complexity index is 334. The van der Waals surface area contributed by atoms with Crippen molar-refractivity contribution >= 4 is 9.84 Å². The van der Waals surface area contributed by atoms with Crippen molar-refractivity contribution in [2.24, 2.45) is 5.11 Å². The molecule has 0 aliphatic carbocycles. The SMILES string of the molecule is CN(CCN=[N+]=[N-])C1CCS(=O)(=O)C1. The number of hydrogen-bond acceptors (Lipinski definition) is 4. The van der Waals surface area contributed by atoms with Crippen LogP contribution in [0.1, 0.15) is 6.42 Å². The lowest BCUT2D eigenvalue weighted by molar-refractivity contribution is 0.269. The van der Waals surface area contributed by atoms with E-state index in [0.29, 0.717) is 19.5 Å². The summed E-state index contributed by atoms with van der Waals surface area (Å²) in [7, 11) is -0.957. The van der Waals surface area contributed by atoms with Crippen LogP contribution in [0.4, 0.5) is 0 Å². The van der Waals surface area contributed by atoms with Crippen LogP contribution in [0, 0.1) is 0 Å². The normalized spacial score (nSPS) is 24.9. The van der Waals surface area contributed by atoms with Crippen molar-refractivity contribution in [2.45, 2.75) is 12.5 Å². The van der Waals surface area contributed by atoms with Gasteiger partial charge in [0.15, 0.2) is 9.84 Å². The van der Waals surface area contributed by atoms with Crippen LogP contribution in [0.5, 0.6) is 0 Å². The average Bonchev–Trinajstić information content (AvgIpc) is 2.46. The van der Waals surface area contributed by atoms with E-state index in [4.69, 9.17) is 5.53 Å². The van der Waals surface area contributed by atoms with Crippen molar-refractivity contribution in [1.29, 1.82) is 0 Å². The lowest BCUT2D eigenvalue weighted by Crippen LogP contribution is -2.34. The first-order valence-electron chi connectivity index (χ1n) is 4.47. The maximum absolute atomic E-state index is 11.2. The van der Waals surface area contributed by atoms with Crippen LogP contribution < -0.4 is 0 Å². The first-order chi connectivity index (χ1) is 6.55. The van der Waals surface area contributed by atoms with Gasteiger partial charge in [-0.05, 0) is 19.0 Å². The Labute approximate surface area is 83.4 Å². The number of azide groups is 1. The zero-order valence-electron chi connectivity index (χ0n) is 8.13. The van der Waals surface area contributed by atoms with E-state index in [2.05, 4.69) is 10.0 Å². The molecule has 0 aromatic heterocycles. The molecule has 1 aliphatic rings. The van der Waals surface area contributed by atoms with E-state index in [1.165, 1.54) is 0 Å². The summed E-state index contributed by atoms with van der Waals surface area (Å²) in [5.41, 5.74) is 8.07. The lowest BCUT2D eigenvalue weighted by atomic mass is 10.2. The van der Waals surface area contributed by atoms with Gasteiger partial charge in [0.05, 0.1) is 11.5 Å². The molecule has 1 saturated heterocycles. The lowest BCUT2D eigenvalue weighted by Gasteiger charge is -2.21. The first kappa shape index (κ1) is 11.3. The molecule has 14 heavy (non-hydrogen) atoms. The van der Waals surface area contributed by atoms with Gasteiger partial charge in [-0.15, -0.1) is 0 Å². The second-order valence-corrected chi connectivity index (χ2v) is 5.72. The molecule has 0 saturated carbocycles. The summed E-state index contributed by atoms with van der Waals surface area (Å²) >= 11 is 0. The quantitative estimate of drug-likeness (QED) is 0.389. The van der Waals surface area contributed by atoms with Gasteiger partial charge in [0.1, 0.15) is 0 Å². The minimum absolute atomic E-state index is 0.0916. The van der Waals surface area contributed by atoms with Crippen molar-refractivity contribution in [3.8, 4) is 0 Å². The van der Waals surface area contributed by atoms with Gasteiger partial charge in [0.25, 0.3) is 0 Å². The van der Waals surface area contributed by atoms with Crippen molar-refractivity contribution < 1.29 is 8.42 Å². The van der Waals surface area contributed by atoms with Crippen molar-refractivity contribution in [1.82, 2.24) is 4.90 Å². The van der Waals surface area contributed by atoms with Crippen LogP contribution in [0.2, 0.25) is 0 Å². The third kappa shape index (κ3) is 3.17. The molecule has 0 bridgehead atoms. The van der Waals surface area contributed by atoms with Gasteiger partial charge < -0.3 is 4.90 Å². The fourth-order valence-electron chi connectivity index (χ4n) is 1.55. The van der Waals surface area contributed by atoms with E-state index in [0.717, 1.165) is 0 Å². The van der Waals surface area contributed by atoms with E-state index >= 15 is 0 Å². The fraction of sp³-hybridized carbons (Fsp3) is 1.00. The molecule has 1 rings (SSSR count). The number of hydrogen-bond donors (Lipinski definition) is 0. The topological polar surface area (TPSA) is 86.1 Å². The summed E-state index contributed by atoms with van der Waals surface area (Å²) in [5.74, 6) is 0.517. The molecule has 0 aromatic rings. The second kappa shape index (κ2) is 4.63. The van der Waals surface area contributed by atoms with E-state index in [-0.39, 0.29) is 17.5 Å². The highest BCUT2D eigenvalue weighted by molar-refractivity contribution is 7.91. The van der Waals surface area contributed by atoms with Crippen molar-refractivity contribution in [2.75, 3.05) is 31.6 Å². The molecule has 7 heteroatoms. The molecule has 0 spiro atoms. The summed E-state index contributed by atoms with van der Waals surface area (Å²) in [6.45, 7) is 1.01. The number of likely N-dealkylation sites (N-methyl/N-ethyl adjacent to an activating group) is 1. The molecule has 0 amide bonds. The molecule has 80 valence electrons. The highest BCUT2D eigenvalue weighted by Crippen LogP contribution is 2.15. The summed E-state index contributed by atoms with van der Waals surface area (Å²) in [6, 6.07) is 0.0916. The molecule has 1 heterocycles. The van der Waals surface area contributed by atoms with E-state index < -0.39 is 9.84 Å². The first-order valence-corrected chi connectivity index (χ1v) is 6.29. The predicted octanol–water partition coefficient (Wildman–Crippen LogP) is 0.416. The van der Waals surface area contributed by atoms with Gasteiger partial charge in [-0.3, -0.25) is 0 Å². The van der Waals surface area contributed by atoms with Crippen LogP contribution in [0.15, 0.2) is 5.11 Å². The van der Waals surface area contributed by atoms with Crippen molar-refractivity contribution in [3.63, 3.8) is 0 Å². The molecular weight excluding hydrogens is 204 g/mol. The highest BCUT2D eigenvalue weighted by Gasteiger charge is 2.30. The zero-order chi connectivity index (χ0) is 10.6. The summed E-state index contributed by atoms with van der Waals surface area (Å²) < 4.78 is 22.3. The van der Waals surface area contributed by atoms with Crippen LogP contribution >= 0.6 is 0 Å². The second-order valence-electron chi connectivity index (χ2n) is 3.49. The van der Waals surface area contributed by atoms with Crippen LogP contribution in [0.3, 0.4) is 0 Å². The maximum atomic E-state index is 11.2. The minimum atomic E-state index is -2.82. The number of rotatable bonds is 4. The summed E-state index contributed by atoms with van der Waals surface area (Å²) in [6.07, 6.45) is 0.690. The van der Waals surface area contributed by atoms with Crippen molar-refractivity contribution in [3.05, 3.63) is 10.4 Å². The molecule has 1 fully saturated rings. The molecule has 0 radical (unpaired) electrons. The van der Waals surface area contributed by atoms with E-state index in [1.807, 2.05) is 11.9 Å². The average molecular weight is 218 g/mol. The molecule has 1 aliphatic heterocycles. The number of sulfone groups is 1. The predicted molar refractivity (Wildman–Crippen MR) is 53.7 cm³/mol. The highest BCUT2D eigenvalue weighted by atomic mass is 32.2. The maximum Gasteiger partial charge on any atom is 0.151 e. The third-order valence-electron chi connectivity index (χ3n) is 2.45. The molecular formula is C7H14N4O2S. The summed E-state index contributed by atoms with van der Waals surface area (Å²) in [4.78, 5) is 4.59. The van der Waals surface area contributed by atoms with E-state index in [1.54, 1.807) is 0 Å².